The van der Waals surface area contributed by atoms with Crippen molar-refractivity contribution < 1.29 is 18.3 Å². The van der Waals surface area contributed by atoms with Crippen LogP contribution < -0.4 is 0 Å². The number of hydrogen-bond donors (Lipinski definition) is 0. The fraction of sp³-hybridized carbons (Fsp3) is 0.450. The van der Waals surface area contributed by atoms with Crippen LogP contribution in [0.2, 0.25) is 0 Å². The van der Waals surface area contributed by atoms with Crippen LogP contribution in [0.1, 0.15) is 54.6 Å². The lowest BCUT2D eigenvalue weighted by atomic mass is 9.98. The molecule has 2 fully saturated rings. The van der Waals surface area contributed by atoms with Gasteiger partial charge in [0.2, 0.25) is 5.91 Å². The molecule has 28 heavy (non-hydrogen) atoms. The number of likely N-dealkylation sites (tertiary alicyclic amines) is 1. The number of rotatable bonds is 4. The molecule has 0 aliphatic carbocycles. The highest BCUT2D eigenvalue weighted by Crippen LogP contribution is 2.32. The molecule has 2 atom stereocenters. The monoisotopic (exact) mass is 386 g/mol. The van der Waals surface area contributed by atoms with Crippen LogP contribution >= 0.6 is 0 Å². The highest BCUT2D eigenvalue weighted by atomic mass is 19.1. The summed E-state index contributed by atoms with van der Waals surface area (Å²) >= 11 is 0. The Labute approximate surface area is 161 Å². The molecule has 2 saturated heterocycles. The van der Waals surface area contributed by atoms with Gasteiger partial charge in [-0.05, 0) is 30.9 Å². The molecule has 4 rings (SSSR count). The maximum Gasteiger partial charge on any atom is 0.223 e. The van der Waals surface area contributed by atoms with Crippen LogP contribution in [0.15, 0.2) is 24.4 Å². The highest BCUT2D eigenvalue weighted by molar-refractivity contribution is 5.79. The number of aromatic nitrogens is 2. The molecule has 3 heterocycles. The summed E-state index contributed by atoms with van der Waals surface area (Å²) in [6.07, 6.45) is 4.30. The van der Waals surface area contributed by atoms with Crippen LogP contribution in [0.4, 0.5) is 8.78 Å². The van der Waals surface area contributed by atoms with Crippen LogP contribution in [0, 0.1) is 23.0 Å². The minimum atomic E-state index is -0.640. The third-order valence-electron chi connectivity index (χ3n) is 5.38. The molecule has 2 unspecified atom stereocenters. The van der Waals surface area contributed by atoms with Crippen molar-refractivity contribution in [1.82, 2.24) is 14.7 Å². The van der Waals surface area contributed by atoms with Crippen molar-refractivity contribution in [3.05, 3.63) is 52.9 Å². The van der Waals surface area contributed by atoms with Crippen LogP contribution in [0.25, 0.3) is 0 Å². The van der Waals surface area contributed by atoms with Crippen molar-refractivity contribution in [1.29, 1.82) is 5.26 Å². The quantitative estimate of drug-likeness (QED) is 0.809. The largest absolute Gasteiger partial charge is 0.356 e. The van der Waals surface area contributed by atoms with Gasteiger partial charge in [0.05, 0.1) is 12.7 Å². The molecule has 2 aliphatic rings. The molecule has 2 aromatic rings. The van der Waals surface area contributed by atoms with E-state index in [-0.39, 0.29) is 31.0 Å². The number of halogens is 2. The maximum atomic E-state index is 14.1. The number of carbonyl (C=O) groups is 1. The molecule has 0 radical (unpaired) electrons. The lowest BCUT2D eigenvalue weighted by molar-refractivity contribution is -0.128. The zero-order valence-corrected chi connectivity index (χ0v) is 15.3. The minimum absolute atomic E-state index is 0.126. The summed E-state index contributed by atoms with van der Waals surface area (Å²) < 4.78 is 34.5. The number of nitrogens with zero attached hydrogens (tertiary/aromatic N) is 4. The van der Waals surface area contributed by atoms with Gasteiger partial charge in [-0.2, -0.15) is 10.4 Å². The number of amides is 1. The SMILES string of the molecule is N#Cc1c(CN2CC(c3ccc(F)cc3F)CC2=O)cnn1C1CCCCO1. The molecule has 0 bridgehead atoms. The summed E-state index contributed by atoms with van der Waals surface area (Å²) in [5.41, 5.74) is 1.37. The van der Waals surface area contributed by atoms with E-state index in [1.165, 1.54) is 12.1 Å². The Morgan fingerprint density at radius 1 is 1.32 bits per heavy atom. The maximum absolute atomic E-state index is 14.1. The molecular formula is C20H20F2N4O2. The predicted molar refractivity (Wildman–Crippen MR) is 94.9 cm³/mol. The number of nitriles is 1. The van der Waals surface area contributed by atoms with Crippen molar-refractivity contribution in [3.63, 3.8) is 0 Å². The summed E-state index contributed by atoms with van der Waals surface area (Å²) in [6.45, 7) is 1.19. The first kappa shape index (κ1) is 18.6. The van der Waals surface area contributed by atoms with Crippen molar-refractivity contribution in [3.8, 4) is 6.07 Å². The van der Waals surface area contributed by atoms with Gasteiger partial charge in [0.15, 0.2) is 6.23 Å². The van der Waals surface area contributed by atoms with Gasteiger partial charge in [-0.1, -0.05) is 6.07 Å². The van der Waals surface area contributed by atoms with E-state index in [0.29, 0.717) is 30.0 Å². The zero-order chi connectivity index (χ0) is 19.7. The first-order valence-electron chi connectivity index (χ1n) is 9.37. The van der Waals surface area contributed by atoms with Gasteiger partial charge < -0.3 is 9.64 Å². The molecule has 0 saturated carbocycles. The summed E-state index contributed by atoms with van der Waals surface area (Å²) in [5, 5.41) is 13.9. The van der Waals surface area contributed by atoms with Crippen molar-refractivity contribution in [2.45, 2.75) is 44.4 Å². The smallest absolute Gasteiger partial charge is 0.223 e. The highest BCUT2D eigenvalue weighted by Gasteiger charge is 2.33. The third kappa shape index (κ3) is 3.50. The summed E-state index contributed by atoms with van der Waals surface area (Å²) in [5.74, 6) is -1.74. The molecule has 0 N–H and O–H groups in total. The molecule has 1 amide bonds. The summed E-state index contributed by atoms with van der Waals surface area (Å²) in [7, 11) is 0. The molecule has 1 aromatic carbocycles. The summed E-state index contributed by atoms with van der Waals surface area (Å²) in [4.78, 5) is 14.0. The second-order valence-corrected chi connectivity index (χ2v) is 7.24. The van der Waals surface area contributed by atoms with Gasteiger partial charge in [0.25, 0.3) is 0 Å². The van der Waals surface area contributed by atoms with Crippen LogP contribution in [0.3, 0.4) is 0 Å². The van der Waals surface area contributed by atoms with Crippen molar-refractivity contribution in [2.24, 2.45) is 0 Å². The van der Waals surface area contributed by atoms with E-state index in [0.717, 1.165) is 25.3 Å². The lowest BCUT2D eigenvalue weighted by Crippen LogP contribution is -2.25. The normalized spacial score (nSPS) is 22.5. The number of hydrogen-bond acceptors (Lipinski definition) is 4. The van der Waals surface area contributed by atoms with E-state index in [2.05, 4.69) is 11.2 Å². The van der Waals surface area contributed by atoms with Crippen LogP contribution in [0.5, 0.6) is 0 Å². The van der Waals surface area contributed by atoms with Gasteiger partial charge in [-0.15, -0.1) is 0 Å². The first-order valence-corrected chi connectivity index (χ1v) is 9.37. The summed E-state index contributed by atoms with van der Waals surface area (Å²) in [6, 6.07) is 5.60. The molecule has 1 aromatic heterocycles. The Hall–Kier alpha value is -2.79. The van der Waals surface area contributed by atoms with E-state index in [9.17, 15) is 18.8 Å². The average Bonchev–Trinajstić information content (AvgIpc) is 3.26. The number of ether oxygens (including phenoxy) is 1. The van der Waals surface area contributed by atoms with Gasteiger partial charge >= 0.3 is 0 Å². The minimum Gasteiger partial charge on any atom is -0.356 e. The van der Waals surface area contributed by atoms with E-state index < -0.39 is 11.6 Å². The molecular weight excluding hydrogens is 366 g/mol. The Morgan fingerprint density at radius 2 is 2.18 bits per heavy atom. The Bertz CT molecular complexity index is 931. The van der Waals surface area contributed by atoms with E-state index in [1.807, 2.05) is 0 Å². The van der Waals surface area contributed by atoms with Crippen LogP contribution in [-0.4, -0.2) is 33.7 Å². The van der Waals surface area contributed by atoms with E-state index >= 15 is 0 Å². The second-order valence-electron chi connectivity index (χ2n) is 7.24. The predicted octanol–water partition coefficient (Wildman–Crippen LogP) is 3.25. The standard InChI is InChI=1S/C20H20F2N4O2/c21-15-4-5-16(17(22)8-15)13-7-19(27)25(11-13)12-14-10-24-26(18(14)9-23)20-3-1-2-6-28-20/h4-5,8,10,13,20H,1-3,6-7,11-12H2. The van der Waals surface area contributed by atoms with Gasteiger partial charge in [-0.3, -0.25) is 4.79 Å². The fourth-order valence-corrected chi connectivity index (χ4v) is 3.94. The Kier molecular flexibility index (Phi) is 5.09. The van der Waals surface area contributed by atoms with E-state index in [1.54, 1.807) is 15.8 Å². The topological polar surface area (TPSA) is 71.2 Å². The average molecular weight is 386 g/mol. The second kappa shape index (κ2) is 7.68. The molecule has 6 nitrogen and oxygen atoms in total. The third-order valence-corrected chi connectivity index (χ3v) is 5.38. The lowest BCUT2D eigenvalue weighted by Gasteiger charge is -2.23. The van der Waals surface area contributed by atoms with E-state index in [4.69, 9.17) is 4.74 Å². The first-order chi connectivity index (χ1) is 13.6. The zero-order valence-electron chi connectivity index (χ0n) is 15.3. The Balaban J connectivity index is 1.51. The number of carbonyl (C=O) groups excluding carboxylic acids is 1. The molecule has 0 spiro atoms. The number of benzene rings is 1. The molecule has 146 valence electrons. The van der Waals surface area contributed by atoms with Crippen molar-refractivity contribution in [2.75, 3.05) is 13.2 Å². The van der Waals surface area contributed by atoms with Gasteiger partial charge in [0, 0.05) is 37.1 Å². The Morgan fingerprint density at radius 3 is 2.89 bits per heavy atom. The van der Waals surface area contributed by atoms with Gasteiger partial charge in [-0.25, -0.2) is 13.5 Å². The molecule has 2 aliphatic heterocycles. The van der Waals surface area contributed by atoms with Crippen molar-refractivity contribution >= 4 is 5.91 Å². The van der Waals surface area contributed by atoms with Gasteiger partial charge in [0.1, 0.15) is 23.4 Å². The van der Waals surface area contributed by atoms with Crippen LogP contribution in [-0.2, 0) is 16.1 Å². The fourth-order valence-electron chi connectivity index (χ4n) is 3.94. The molecule has 8 heteroatoms.